The summed E-state index contributed by atoms with van der Waals surface area (Å²) in [6.45, 7) is 9.64. The van der Waals surface area contributed by atoms with Crippen molar-refractivity contribution >= 4 is 5.91 Å². The maximum atomic E-state index is 11.4. The van der Waals surface area contributed by atoms with Gasteiger partial charge in [-0.05, 0) is 26.3 Å². The number of hydrogen-bond acceptors (Lipinski definition) is 2. The molecule has 13 heavy (non-hydrogen) atoms. The van der Waals surface area contributed by atoms with Crippen LogP contribution in [0.1, 0.15) is 20.3 Å². The molecule has 1 amide bonds. The summed E-state index contributed by atoms with van der Waals surface area (Å²) < 4.78 is 5.59. The summed E-state index contributed by atoms with van der Waals surface area (Å²) in [7, 11) is 0. The third-order valence-electron chi connectivity index (χ3n) is 2.12. The molecule has 0 aromatic rings. The first kappa shape index (κ1) is 10.3. The number of amides is 1. The van der Waals surface area contributed by atoms with Crippen molar-refractivity contribution < 1.29 is 9.53 Å². The Bertz CT molecular complexity index is 211. The molecule has 0 unspecified atom stereocenters. The number of carbonyl (C=O) groups excluding carboxylic acids is 1. The first-order chi connectivity index (χ1) is 6.05. The minimum absolute atomic E-state index is 0.00132. The lowest BCUT2D eigenvalue weighted by molar-refractivity contribution is -0.128. The molecule has 1 saturated heterocycles. The van der Waals surface area contributed by atoms with Crippen molar-refractivity contribution in [3.8, 4) is 0 Å². The van der Waals surface area contributed by atoms with Crippen molar-refractivity contribution in [2.24, 2.45) is 0 Å². The fraction of sp³-hybridized carbons (Fsp3) is 0.700. The second-order valence-corrected chi connectivity index (χ2v) is 3.93. The lowest BCUT2D eigenvalue weighted by Crippen LogP contribution is -2.40. The molecule has 0 aromatic heterocycles. The highest BCUT2D eigenvalue weighted by Gasteiger charge is 2.26. The Morgan fingerprint density at radius 1 is 1.62 bits per heavy atom. The van der Waals surface area contributed by atoms with Crippen molar-refractivity contribution in [3.05, 3.63) is 12.7 Å². The fourth-order valence-corrected chi connectivity index (χ4v) is 1.51. The van der Waals surface area contributed by atoms with Crippen LogP contribution >= 0.6 is 0 Å². The van der Waals surface area contributed by atoms with Crippen LogP contribution in [0.15, 0.2) is 12.7 Å². The maximum absolute atomic E-state index is 11.4. The van der Waals surface area contributed by atoms with Gasteiger partial charge in [-0.3, -0.25) is 4.79 Å². The van der Waals surface area contributed by atoms with E-state index in [-0.39, 0.29) is 11.5 Å². The highest BCUT2D eigenvalue weighted by atomic mass is 16.5. The molecule has 74 valence electrons. The first-order valence-corrected chi connectivity index (χ1v) is 4.60. The lowest BCUT2D eigenvalue weighted by Gasteiger charge is -2.28. The van der Waals surface area contributed by atoms with Gasteiger partial charge in [0, 0.05) is 19.7 Å². The third kappa shape index (κ3) is 2.84. The van der Waals surface area contributed by atoms with Crippen LogP contribution in [0.2, 0.25) is 0 Å². The van der Waals surface area contributed by atoms with Gasteiger partial charge in [-0.15, -0.1) is 0 Å². The van der Waals surface area contributed by atoms with Crippen LogP contribution in [-0.2, 0) is 9.53 Å². The van der Waals surface area contributed by atoms with Crippen LogP contribution < -0.4 is 0 Å². The molecule has 0 N–H and O–H groups in total. The zero-order valence-corrected chi connectivity index (χ0v) is 8.38. The maximum Gasteiger partial charge on any atom is 0.246 e. The number of ether oxygens (including phenoxy) is 1. The summed E-state index contributed by atoms with van der Waals surface area (Å²) in [6, 6.07) is 0. The average molecular weight is 183 g/mol. The quantitative estimate of drug-likeness (QED) is 0.572. The van der Waals surface area contributed by atoms with Gasteiger partial charge in [0.15, 0.2) is 0 Å². The minimum Gasteiger partial charge on any atom is -0.374 e. The molecule has 1 rings (SSSR count). The van der Waals surface area contributed by atoms with Crippen molar-refractivity contribution in [3.63, 3.8) is 0 Å². The smallest absolute Gasteiger partial charge is 0.246 e. The van der Waals surface area contributed by atoms with E-state index in [2.05, 4.69) is 6.58 Å². The monoisotopic (exact) mass is 183 g/mol. The SMILES string of the molecule is C=CC(=O)N1CCCOC(C)(C)C1. The van der Waals surface area contributed by atoms with Gasteiger partial charge < -0.3 is 9.64 Å². The summed E-state index contributed by atoms with van der Waals surface area (Å²) in [5.74, 6) is -0.00132. The molecule has 0 radical (unpaired) electrons. The third-order valence-corrected chi connectivity index (χ3v) is 2.12. The Labute approximate surface area is 79.4 Å². The molecule has 1 fully saturated rings. The van der Waals surface area contributed by atoms with Gasteiger partial charge >= 0.3 is 0 Å². The lowest BCUT2D eigenvalue weighted by atomic mass is 10.1. The number of carbonyl (C=O) groups is 1. The van der Waals surface area contributed by atoms with Crippen molar-refractivity contribution in [2.75, 3.05) is 19.7 Å². The van der Waals surface area contributed by atoms with Gasteiger partial charge in [-0.2, -0.15) is 0 Å². The van der Waals surface area contributed by atoms with Crippen molar-refractivity contribution in [2.45, 2.75) is 25.9 Å². The molecule has 0 aliphatic carbocycles. The number of hydrogen-bond donors (Lipinski definition) is 0. The van der Waals surface area contributed by atoms with Crippen LogP contribution in [0.4, 0.5) is 0 Å². The second kappa shape index (κ2) is 3.92. The first-order valence-electron chi connectivity index (χ1n) is 4.60. The van der Waals surface area contributed by atoms with E-state index in [9.17, 15) is 4.79 Å². The van der Waals surface area contributed by atoms with Gasteiger partial charge in [0.25, 0.3) is 0 Å². The summed E-state index contributed by atoms with van der Waals surface area (Å²) in [4.78, 5) is 13.2. The molecular formula is C10H17NO2. The summed E-state index contributed by atoms with van der Waals surface area (Å²) in [6.07, 6.45) is 2.27. The van der Waals surface area contributed by atoms with E-state index in [0.717, 1.165) is 19.6 Å². The zero-order valence-electron chi connectivity index (χ0n) is 8.38. The molecule has 1 aliphatic rings. The van der Waals surface area contributed by atoms with Gasteiger partial charge in [0.2, 0.25) is 5.91 Å². The minimum atomic E-state index is -0.227. The molecule has 0 atom stereocenters. The zero-order chi connectivity index (χ0) is 9.90. The molecule has 1 heterocycles. The summed E-state index contributed by atoms with van der Waals surface area (Å²) in [5.41, 5.74) is -0.227. The van der Waals surface area contributed by atoms with Crippen LogP contribution in [0.25, 0.3) is 0 Å². The van der Waals surface area contributed by atoms with Gasteiger partial charge in [-0.25, -0.2) is 0 Å². The Balaban J connectivity index is 2.64. The van der Waals surface area contributed by atoms with Crippen LogP contribution in [-0.4, -0.2) is 36.1 Å². The second-order valence-electron chi connectivity index (χ2n) is 3.93. The molecule has 3 heteroatoms. The molecule has 0 spiro atoms. The number of nitrogens with zero attached hydrogens (tertiary/aromatic N) is 1. The fourth-order valence-electron chi connectivity index (χ4n) is 1.51. The van der Waals surface area contributed by atoms with Crippen molar-refractivity contribution in [1.82, 2.24) is 4.90 Å². The Kier molecular flexibility index (Phi) is 3.09. The summed E-state index contributed by atoms with van der Waals surface area (Å²) in [5, 5.41) is 0. The number of rotatable bonds is 1. The normalized spacial score (nSPS) is 22.2. The predicted octanol–water partition coefficient (Wildman–Crippen LogP) is 1.20. The van der Waals surface area contributed by atoms with E-state index in [1.807, 2.05) is 13.8 Å². The molecule has 0 aromatic carbocycles. The molecule has 3 nitrogen and oxygen atoms in total. The van der Waals surface area contributed by atoms with Gasteiger partial charge in [0.05, 0.1) is 5.60 Å². The van der Waals surface area contributed by atoms with E-state index in [1.165, 1.54) is 6.08 Å². The topological polar surface area (TPSA) is 29.5 Å². The van der Waals surface area contributed by atoms with E-state index in [1.54, 1.807) is 4.90 Å². The Morgan fingerprint density at radius 2 is 2.31 bits per heavy atom. The van der Waals surface area contributed by atoms with E-state index >= 15 is 0 Å². The Morgan fingerprint density at radius 3 is 2.92 bits per heavy atom. The van der Waals surface area contributed by atoms with Gasteiger partial charge in [0.1, 0.15) is 0 Å². The van der Waals surface area contributed by atoms with E-state index < -0.39 is 0 Å². The summed E-state index contributed by atoms with van der Waals surface area (Å²) >= 11 is 0. The molecule has 0 bridgehead atoms. The van der Waals surface area contributed by atoms with Crippen molar-refractivity contribution in [1.29, 1.82) is 0 Å². The van der Waals surface area contributed by atoms with E-state index in [4.69, 9.17) is 4.74 Å². The standard InChI is InChI=1S/C10H17NO2/c1-4-9(12)11-6-5-7-13-10(2,3)8-11/h4H,1,5-8H2,2-3H3. The van der Waals surface area contributed by atoms with Crippen LogP contribution in [0.5, 0.6) is 0 Å². The highest BCUT2D eigenvalue weighted by Crippen LogP contribution is 2.16. The average Bonchev–Trinajstić information content (AvgIpc) is 2.25. The molecular weight excluding hydrogens is 166 g/mol. The highest BCUT2D eigenvalue weighted by molar-refractivity contribution is 5.87. The molecule has 0 saturated carbocycles. The predicted molar refractivity (Wildman–Crippen MR) is 51.4 cm³/mol. The van der Waals surface area contributed by atoms with Crippen LogP contribution in [0.3, 0.4) is 0 Å². The molecule has 1 aliphatic heterocycles. The van der Waals surface area contributed by atoms with Gasteiger partial charge in [-0.1, -0.05) is 6.58 Å². The van der Waals surface area contributed by atoms with Crippen LogP contribution in [0, 0.1) is 0 Å². The Hall–Kier alpha value is -0.830. The van der Waals surface area contributed by atoms with E-state index in [0.29, 0.717) is 6.54 Å². The largest absolute Gasteiger partial charge is 0.374 e.